The van der Waals surface area contributed by atoms with E-state index in [1.165, 1.54) is 109 Å². The molecule has 0 aromatic heterocycles. The van der Waals surface area contributed by atoms with E-state index >= 15 is 0 Å². The predicted molar refractivity (Wildman–Crippen MR) is 133 cm³/mol. The maximum Gasteiger partial charge on any atom is 0.0213 e. The summed E-state index contributed by atoms with van der Waals surface area (Å²) in [5, 5.41) is 0. The molecule has 2 saturated carbocycles. The summed E-state index contributed by atoms with van der Waals surface area (Å²) >= 11 is 0. The van der Waals surface area contributed by atoms with E-state index in [1.807, 2.05) is 0 Å². The molecule has 176 valence electrons. The lowest BCUT2D eigenvalue weighted by molar-refractivity contribution is 0.0489. The highest BCUT2D eigenvalue weighted by Gasteiger charge is 2.53. The zero-order valence-corrected chi connectivity index (χ0v) is 21.7. The summed E-state index contributed by atoms with van der Waals surface area (Å²) in [6, 6.07) is 0.848. The van der Waals surface area contributed by atoms with Gasteiger partial charge in [-0.25, -0.2) is 0 Å². The van der Waals surface area contributed by atoms with E-state index in [-0.39, 0.29) is 0 Å². The van der Waals surface area contributed by atoms with Crippen molar-refractivity contribution in [1.82, 2.24) is 4.90 Å². The predicted octanol–water partition coefficient (Wildman–Crippen LogP) is 9.00. The molecule has 0 aromatic rings. The summed E-state index contributed by atoms with van der Waals surface area (Å²) in [4.78, 5) is 3.09. The fourth-order valence-corrected chi connectivity index (χ4v) is 7.14. The molecule has 1 heteroatoms. The second kappa shape index (κ2) is 10.3. The maximum atomic E-state index is 3.09. The molecule has 0 radical (unpaired) electrons. The van der Waals surface area contributed by atoms with Crippen molar-refractivity contribution in [1.29, 1.82) is 0 Å². The largest absolute Gasteiger partial charge is 0.294 e. The standard InChI is InChI=1S/C29H55N/c1-7-28(5)20-10-8-9-15-25(16-13-21-28)26-17-14-19-27(3,4)18-11-12-22-30(26)29(6)23-24(29)2/h24-26H,7-23H2,1-6H3. The van der Waals surface area contributed by atoms with Gasteiger partial charge in [0.1, 0.15) is 0 Å². The quantitative estimate of drug-likeness (QED) is 0.442. The van der Waals surface area contributed by atoms with Gasteiger partial charge in [0.2, 0.25) is 0 Å². The van der Waals surface area contributed by atoms with E-state index in [4.69, 9.17) is 0 Å². The minimum atomic E-state index is 0.507. The molecule has 1 aliphatic heterocycles. The van der Waals surface area contributed by atoms with Crippen molar-refractivity contribution >= 4 is 0 Å². The Morgan fingerprint density at radius 3 is 2.03 bits per heavy atom. The molecule has 1 nitrogen and oxygen atoms in total. The summed E-state index contributed by atoms with van der Waals surface area (Å²) in [6.45, 7) is 16.6. The maximum absolute atomic E-state index is 3.09. The molecule has 1 saturated heterocycles. The van der Waals surface area contributed by atoms with E-state index in [1.54, 1.807) is 0 Å². The second-order valence-corrected chi connectivity index (χ2v) is 13.2. The Balaban J connectivity index is 1.76. The van der Waals surface area contributed by atoms with Crippen molar-refractivity contribution in [2.45, 2.75) is 156 Å². The molecule has 1 heterocycles. The third-order valence-corrected chi connectivity index (χ3v) is 10.1. The fourth-order valence-electron chi connectivity index (χ4n) is 7.14. The molecule has 0 amide bonds. The van der Waals surface area contributed by atoms with Crippen LogP contribution in [0.3, 0.4) is 0 Å². The minimum Gasteiger partial charge on any atom is -0.294 e. The molecule has 0 bridgehead atoms. The van der Waals surface area contributed by atoms with Crippen LogP contribution >= 0.6 is 0 Å². The molecule has 3 fully saturated rings. The van der Waals surface area contributed by atoms with Gasteiger partial charge in [0, 0.05) is 11.6 Å². The summed E-state index contributed by atoms with van der Waals surface area (Å²) in [5.41, 5.74) is 1.67. The Kier molecular flexibility index (Phi) is 8.42. The third-order valence-electron chi connectivity index (χ3n) is 10.1. The van der Waals surface area contributed by atoms with E-state index < -0.39 is 0 Å². The van der Waals surface area contributed by atoms with E-state index in [0.717, 1.165) is 17.9 Å². The van der Waals surface area contributed by atoms with Crippen LogP contribution in [-0.4, -0.2) is 23.0 Å². The van der Waals surface area contributed by atoms with Crippen LogP contribution in [0.1, 0.15) is 144 Å². The van der Waals surface area contributed by atoms with Crippen LogP contribution < -0.4 is 0 Å². The number of nitrogens with zero attached hydrogens (tertiary/aromatic N) is 1. The number of hydrogen-bond acceptors (Lipinski definition) is 1. The molecule has 0 aromatic carbocycles. The van der Waals surface area contributed by atoms with Crippen molar-refractivity contribution in [3.63, 3.8) is 0 Å². The highest BCUT2D eigenvalue weighted by molar-refractivity contribution is 5.08. The highest BCUT2D eigenvalue weighted by atomic mass is 15.3. The Labute approximate surface area is 190 Å². The first-order valence-electron chi connectivity index (χ1n) is 14.0. The van der Waals surface area contributed by atoms with Crippen LogP contribution in [0.2, 0.25) is 0 Å². The van der Waals surface area contributed by atoms with Crippen molar-refractivity contribution in [2.75, 3.05) is 6.54 Å². The Bertz CT molecular complexity index is 524. The van der Waals surface area contributed by atoms with Gasteiger partial charge in [-0.05, 0) is 93.9 Å². The first-order chi connectivity index (χ1) is 14.2. The Morgan fingerprint density at radius 2 is 1.33 bits per heavy atom. The van der Waals surface area contributed by atoms with Crippen LogP contribution in [0, 0.1) is 22.7 Å². The summed E-state index contributed by atoms with van der Waals surface area (Å²) in [5.74, 6) is 1.85. The van der Waals surface area contributed by atoms with Gasteiger partial charge in [0.15, 0.2) is 0 Å². The number of rotatable bonds is 3. The van der Waals surface area contributed by atoms with Gasteiger partial charge in [-0.15, -0.1) is 0 Å². The summed E-state index contributed by atoms with van der Waals surface area (Å²) < 4.78 is 0. The van der Waals surface area contributed by atoms with Gasteiger partial charge in [-0.2, -0.15) is 0 Å². The fraction of sp³-hybridized carbons (Fsp3) is 1.00. The van der Waals surface area contributed by atoms with Gasteiger partial charge >= 0.3 is 0 Å². The second-order valence-electron chi connectivity index (χ2n) is 13.2. The Morgan fingerprint density at radius 1 is 0.733 bits per heavy atom. The van der Waals surface area contributed by atoms with E-state index in [0.29, 0.717) is 16.4 Å². The minimum absolute atomic E-state index is 0.507. The van der Waals surface area contributed by atoms with Crippen molar-refractivity contribution in [3.8, 4) is 0 Å². The topological polar surface area (TPSA) is 3.24 Å². The van der Waals surface area contributed by atoms with Crippen LogP contribution in [0.15, 0.2) is 0 Å². The SMILES string of the molecule is CCC1(C)CCCCCC(C2CCCC(C)(C)CCCCN2C2(C)CC2C)CCC1. The molecule has 0 N–H and O–H groups in total. The van der Waals surface area contributed by atoms with Crippen molar-refractivity contribution in [3.05, 3.63) is 0 Å². The zero-order chi connectivity index (χ0) is 21.8. The lowest BCUT2D eigenvalue weighted by Gasteiger charge is -2.44. The van der Waals surface area contributed by atoms with Crippen LogP contribution in [-0.2, 0) is 0 Å². The summed E-state index contributed by atoms with van der Waals surface area (Å²) in [7, 11) is 0. The molecular weight excluding hydrogens is 362 g/mol. The molecular formula is C29H55N. The average Bonchev–Trinajstić information content (AvgIpc) is 3.31. The summed E-state index contributed by atoms with van der Waals surface area (Å²) in [6.07, 6.45) is 23.2. The molecule has 5 unspecified atom stereocenters. The third kappa shape index (κ3) is 6.26. The zero-order valence-electron chi connectivity index (χ0n) is 21.7. The van der Waals surface area contributed by atoms with E-state index in [9.17, 15) is 0 Å². The molecule has 5 atom stereocenters. The van der Waals surface area contributed by atoms with Crippen LogP contribution in [0.5, 0.6) is 0 Å². The normalized spacial score (nSPS) is 42.4. The van der Waals surface area contributed by atoms with Gasteiger partial charge in [-0.1, -0.05) is 79.6 Å². The lowest BCUT2D eigenvalue weighted by atomic mass is 9.74. The molecule has 3 rings (SSSR count). The molecule has 0 spiro atoms. The van der Waals surface area contributed by atoms with Crippen LogP contribution in [0.4, 0.5) is 0 Å². The van der Waals surface area contributed by atoms with Gasteiger partial charge in [0.25, 0.3) is 0 Å². The first-order valence-corrected chi connectivity index (χ1v) is 14.0. The van der Waals surface area contributed by atoms with E-state index in [2.05, 4.69) is 46.4 Å². The highest BCUT2D eigenvalue weighted by Crippen LogP contribution is 2.51. The van der Waals surface area contributed by atoms with Gasteiger partial charge in [0.05, 0.1) is 0 Å². The molecule has 2 aliphatic carbocycles. The molecule has 30 heavy (non-hydrogen) atoms. The van der Waals surface area contributed by atoms with Crippen LogP contribution in [0.25, 0.3) is 0 Å². The average molecular weight is 418 g/mol. The van der Waals surface area contributed by atoms with Crippen molar-refractivity contribution < 1.29 is 0 Å². The smallest absolute Gasteiger partial charge is 0.0213 e. The monoisotopic (exact) mass is 417 g/mol. The Hall–Kier alpha value is -0.0400. The van der Waals surface area contributed by atoms with Gasteiger partial charge < -0.3 is 0 Å². The number of hydrogen-bond donors (Lipinski definition) is 0. The molecule has 3 aliphatic rings. The first kappa shape index (κ1) is 24.6. The van der Waals surface area contributed by atoms with Crippen molar-refractivity contribution in [2.24, 2.45) is 22.7 Å². The van der Waals surface area contributed by atoms with Gasteiger partial charge in [-0.3, -0.25) is 4.90 Å². The lowest BCUT2D eigenvalue weighted by Crippen LogP contribution is -2.49.